The van der Waals surface area contributed by atoms with Crippen LogP contribution in [0.5, 0.6) is 0 Å². The summed E-state index contributed by atoms with van der Waals surface area (Å²) >= 11 is 0. The lowest BCUT2D eigenvalue weighted by Gasteiger charge is -2.28. The lowest BCUT2D eigenvalue weighted by Crippen LogP contribution is -2.47. The Morgan fingerprint density at radius 2 is 1.87 bits per heavy atom. The second kappa shape index (κ2) is 7.75. The fourth-order valence-corrected chi connectivity index (χ4v) is 3.14. The number of ether oxygens (including phenoxy) is 2. The van der Waals surface area contributed by atoms with E-state index in [1.54, 1.807) is 12.1 Å². The highest BCUT2D eigenvalue weighted by Crippen LogP contribution is 2.27. The molecule has 0 radical (unpaired) electrons. The van der Waals surface area contributed by atoms with Crippen LogP contribution in [0.25, 0.3) is 0 Å². The van der Waals surface area contributed by atoms with Gasteiger partial charge in [-0.25, -0.2) is 9.18 Å². The fourth-order valence-electron chi connectivity index (χ4n) is 3.14. The molecule has 1 aromatic carbocycles. The van der Waals surface area contributed by atoms with Crippen LogP contribution in [0.2, 0.25) is 0 Å². The summed E-state index contributed by atoms with van der Waals surface area (Å²) in [4.78, 5) is 12.3. The van der Waals surface area contributed by atoms with Gasteiger partial charge in [0.15, 0.2) is 0 Å². The molecule has 0 aromatic heterocycles. The SMILES string of the molecule is O=C(NC1CCOCC1)N[C@H](c1ccc(F)cc1)[C@@H]1CCCO1. The Bertz CT molecular complexity index is 511. The normalized spacial score (nSPS) is 23.4. The molecule has 2 saturated heterocycles. The van der Waals surface area contributed by atoms with Gasteiger partial charge in [-0.1, -0.05) is 12.1 Å². The average molecular weight is 322 g/mol. The summed E-state index contributed by atoms with van der Waals surface area (Å²) in [6, 6.07) is 5.90. The molecule has 2 aliphatic heterocycles. The van der Waals surface area contributed by atoms with Gasteiger partial charge >= 0.3 is 6.03 Å². The van der Waals surface area contributed by atoms with E-state index in [1.807, 2.05) is 0 Å². The Labute approximate surface area is 135 Å². The van der Waals surface area contributed by atoms with Crippen molar-refractivity contribution in [2.24, 2.45) is 0 Å². The van der Waals surface area contributed by atoms with Crippen molar-refractivity contribution in [2.75, 3.05) is 19.8 Å². The van der Waals surface area contributed by atoms with E-state index in [4.69, 9.17) is 9.47 Å². The molecule has 3 rings (SSSR count). The predicted octanol–water partition coefficient (Wildman–Crippen LogP) is 2.52. The number of carbonyl (C=O) groups excluding carboxylic acids is 1. The van der Waals surface area contributed by atoms with Crippen LogP contribution in [0.4, 0.5) is 9.18 Å². The van der Waals surface area contributed by atoms with Crippen molar-refractivity contribution in [1.29, 1.82) is 0 Å². The zero-order chi connectivity index (χ0) is 16.1. The molecule has 0 unspecified atom stereocenters. The van der Waals surface area contributed by atoms with Crippen LogP contribution in [0, 0.1) is 5.82 Å². The molecule has 2 fully saturated rings. The molecule has 126 valence electrons. The highest BCUT2D eigenvalue weighted by Gasteiger charge is 2.29. The van der Waals surface area contributed by atoms with Gasteiger partial charge in [0.1, 0.15) is 5.82 Å². The zero-order valence-corrected chi connectivity index (χ0v) is 13.1. The van der Waals surface area contributed by atoms with Crippen molar-refractivity contribution in [3.63, 3.8) is 0 Å². The van der Waals surface area contributed by atoms with Crippen LogP contribution in [0.3, 0.4) is 0 Å². The van der Waals surface area contributed by atoms with Gasteiger partial charge in [0.25, 0.3) is 0 Å². The van der Waals surface area contributed by atoms with E-state index in [9.17, 15) is 9.18 Å². The first-order chi connectivity index (χ1) is 11.2. The van der Waals surface area contributed by atoms with Crippen LogP contribution in [0.1, 0.15) is 37.3 Å². The average Bonchev–Trinajstić information content (AvgIpc) is 3.09. The maximum Gasteiger partial charge on any atom is 0.315 e. The third-order valence-electron chi connectivity index (χ3n) is 4.41. The van der Waals surface area contributed by atoms with Gasteiger partial charge in [0, 0.05) is 25.9 Å². The standard InChI is InChI=1S/C17H23FN2O3/c18-13-5-3-12(4-6-13)16(15-2-1-9-23-15)20-17(21)19-14-7-10-22-11-8-14/h3-6,14-16H,1-2,7-11H2,(H2,19,20,21)/t15-,16+/m0/s1. The van der Waals surface area contributed by atoms with Gasteiger partial charge in [0.05, 0.1) is 12.1 Å². The Balaban J connectivity index is 1.65. The van der Waals surface area contributed by atoms with Crippen molar-refractivity contribution in [3.05, 3.63) is 35.6 Å². The maximum atomic E-state index is 13.2. The number of carbonyl (C=O) groups is 1. The first-order valence-electron chi connectivity index (χ1n) is 8.24. The highest BCUT2D eigenvalue weighted by atomic mass is 19.1. The third kappa shape index (κ3) is 4.42. The molecule has 0 aliphatic carbocycles. The maximum absolute atomic E-state index is 13.2. The summed E-state index contributed by atoms with van der Waals surface area (Å²) in [5.41, 5.74) is 0.862. The van der Waals surface area contributed by atoms with E-state index in [2.05, 4.69) is 10.6 Å². The predicted molar refractivity (Wildman–Crippen MR) is 83.6 cm³/mol. The van der Waals surface area contributed by atoms with Gasteiger partial charge in [-0.05, 0) is 43.4 Å². The number of nitrogens with one attached hydrogen (secondary N) is 2. The fraction of sp³-hybridized carbons (Fsp3) is 0.588. The quantitative estimate of drug-likeness (QED) is 0.895. The minimum atomic E-state index is -0.286. The number of benzene rings is 1. The molecule has 5 nitrogen and oxygen atoms in total. The number of amides is 2. The smallest absolute Gasteiger partial charge is 0.315 e. The monoisotopic (exact) mass is 322 g/mol. The van der Waals surface area contributed by atoms with Crippen LogP contribution in [-0.4, -0.2) is 38.0 Å². The molecule has 0 saturated carbocycles. The summed E-state index contributed by atoms with van der Waals surface area (Å²) in [5, 5.41) is 6.00. The summed E-state index contributed by atoms with van der Waals surface area (Å²) in [6.07, 6.45) is 3.45. The molecule has 23 heavy (non-hydrogen) atoms. The van der Waals surface area contributed by atoms with E-state index >= 15 is 0 Å². The summed E-state index contributed by atoms with van der Waals surface area (Å²) in [6.45, 7) is 2.06. The molecule has 1 aromatic rings. The second-order valence-electron chi connectivity index (χ2n) is 6.09. The van der Waals surface area contributed by atoms with Crippen LogP contribution in [0.15, 0.2) is 24.3 Å². The minimum absolute atomic E-state index is 0.0686. The molecule has 0 spiro atoms. The van der Waals surface area contributed by atoms with Gasteiger partial charge in [0.2, 0.25) is 0 Å². The lowest BCUT2D eigenvalue weighted by atomic mass is 9.99. The zero-order valence-electron chi connectivity index (χ0n) is 13.1. The van der Waals surface area contributed by atoms with E-state index in [1.165, 1.54) is 12.1 Å². The largest absolute Gasteiger partial charge is 0.381 e. The molecular formula is C17H23FN2O3. The van der Waals surface area contributed by atoms with Crippen molar-refractivity contribution in [1.82, 2.24) is 10.6 Å². The van der Waals surface area contributed by atoms with Crippen LogP contribution in [-0.2, 0) is 9.47 Å². The first kappa shape index (κ1) is 16.2. The van der Waals surface area contributed by atoms with E-state index in [-0.39, 0.29) is 30.0 Å². The molecular weight excluding hydrogens is 299 g/mol. The van der Waals surface area contributed by atoms with Gasteiger partial charge < -0.3 is 20.1 Å². The number of hydrogen-bond donors (Lipinski definition) is 2. The van der Waals surface area contributed by atoms with Crippen molar-refractivity contribution < 1.29 is 18.7 Å². The topological polar surface area (TPSA) is 59.6 Å². The molecule has 2 aliphatic rings. The van der Waals surface area contributed by atoms with Crippen LogP contribution < -0.4 is 10.6 Å². The third-order valence-corrected chi connectivity index (χ3v) is 4.41. The minimum Gasteiger partial charge on any atom is -0.381 e. The van der Waals surface area contributed by atoms with E-state index in [0.29, 0.717) is 19.8 Å². The molecule has 2 amide bonds. The summed E-state index contributed by atoms with van der Waals surface area (Å²) in [7, 11) is 0. The van der Waals surface area contributed by atoms with E-state index in [0.717, 1.165) is 31.2 Å². The van der Waals surface area contributed by atoms with Crippen molar-refractivity contribution in [2.45, 2.75) is 43.9 Å². The highest BCUT2D eigenvalue weighted by molar-refractivity contribution is 5.75. The molecule has 2 N–H and O–H groups in total. The molecule has 2 atom stereocenters. The van der Waals surface area contributed by atoms with Crippen molar-refractivity contribution in [3.8, 4) is 0 Å². The van der Waals surface area contributed by atoms with Gasteiger partial charge in [-0.2, -0.15) is 0 Å². The number of halogens is 1. The number of rotatable bonds is 4. The molecule has 6 heteroatoms. The first-order valence-corrected chi connectivity index (χ1v) is 8.24. The van der Waals surface area contributed by atoms with Gasteiger partial charge in [-0.15, -0.1) is 0 Å². The Hall–Kier alpha value is -1.66. The molecule has 2 heterocycles. The Morgan fingerprint density at radius 1 is 1.13 bits per heavy atom. The molecule has 0 bridgehead atoms. The van der Waals surface area contributed by atoms with Crippen molar-refractivity contribution >= 4 is 6.03 Å². The number of hydrogen-bond acceptors (Lipinski definition) is 3. The van der Waals surface area contributed by atoms with Crippen LogP contribution >= 0.6 is 0 Å². The van der Waals surface area contributed by atoms with E-state index < -0.39 is 0 Å². The van der Waals surface area contributed by atoms with Gasteiger partial charge in [-0.3, -0.25) is 0 Å². The summed E-state index contributed by atoms with van der Waals surface area (Å²) in [5.74, 6) is -0.286. The second-order valence-corrected chi connectivity index (χ2v) is 6.09. The number of urea groups is 1. The summed E-state index contributed by atoms with van der Waals surface area (Å²) < 4.78 is 24.2. The lowest BCUT2D eigenvalue weighted by molar-refractivity contribution is 0.0740. The Morgan fingerprint density at radius 3 is 2.52 bits per heavy atom. The Kier molecular flexibility index (Phi) is 5.46.